The summed E-state index contributed by atoms with van der Waals surface area (Å²) in [4.78, 5) is 37.5. The molecule has 2 amide bonds. The number of esters is 1. The van der Waals surface area contributed by atoms with Crippen LogP contribution in [0.15, 0.2) is 18.2 Å². The molecule has 2 heterocycles. The van der Waals surface area contributed by atoms with Crippen LogP contribution in [0.1, 0.15) is 32.8 Å². The zero-order valence-electron chi connectivity index (χ0n) is 15.6. The van der Waals surface area contributed by atoms with Crippen molar-refractivity contribution in [1.82, 2.24) is 0 Å². The average Bonchev–Trinajstić information content (AvgIpc) is 2.97. The maximum absolute atomic E-state index is 12.5. The summed E-state index contributed by atoms with van der Waals surface area (Å²) < 4.78 is 4.74. The van der Waals surface area contributed by atoms with Crippen LogP contribution < -0.4 is 16.0 Å². The molecule has 0 fully saturated rings. The van der Waals surface area contributed by atoms with Crippen LogP contribution in [-0.2, 0) is 14.3 Å². The molecule has 1 aromatic carbocycles. The molecular formula is C19H21N3O4S. The maximum Gasteiger partial charge on any atom is 0.340 e. The molecule has 1 atom stereocenters. The fourth-order valence-corrected chi connectivity index (χ4v) is 3.80. The molecule has 0 bridgehead atoms. The van der Waals surface area contributed by atoms with E-state index < -0.39 is 12.0 Å². The lowest BCUT2D eigenvalue weighted by Gasteiger charge is -2.27. The van der Waals surface area contributed by atoms with Crippen LogP contribution in [0, 0.1) is 20.8 Å². The van der Waals surface area contributed by atoms with E-state index >= 15 is 0 Å². The quantitative estimate of drug-likeness (QED) is 0.700. The number of ether oxygens (including phenoxy) is 1. The van der Waals surface area contributed by atoms with Gasteiger partial charge >= 0.3 is 5.97 Å². The molecule has 8 heteroatoms. The molecule has 142 valence electrons. The Morgan fingerprint density at radius 3 is 2.48 bits per heavy atom. The molecule has 3 rings (SSSR count). The summed E-state index contributed by atoms with van der Waals surface area (Å²) in [5.74, 6) is -1.14. The first-order chi connectivity index (χ1) is 12.8. The highest BCUT2D eigenvalue weighted by molar-refractivity contribution is 7.16. The van der Waals surface area contributed by atoms with Gasteiger partial charge in [0.15, 0.2) is 0 Å². The van der Waals surface area contributed by atoms with E-state index in [2.05, 4.69) is 16.0 Å². The Balaban J connectivity index is 1.72. The second-order valence-electron chi connectivity index (χ2n) is 6.51. The average molecular weight is 387 g/mol. The number of hydrogen-bond donors (Lipinski definition) is 3. The first-order valence-electron chi connectivity index (χ1n) is 8.45. The van der Waals surface area contributed by atoms with Crippen molar-refractivity contribution in [3.05, 3.63) is 39.8 Å². The summed E-state index contributed by atoms with van der Waals surface area (Å²) in [5, 5.41) is 9.10. The Bertz CT molecular complexity index is 935. The van der Waals surface area contributed by atoms with Gasteiger partial charge in [0.25, 0.3) is 0 Å². The van der Waals surface area contributed by atoms with Crippen LogP contribution in [0.3, 0.4) is 0 Å². The summed E-state index contributed by atoms with van der Waals surface area (Å²) in [6.45, 7) is 5.80. The molecule has 1 aliphatic heterocycles. The number of aryl methyl sites for hydroxylation is 3. The molecular weight excluding hydrogens is 366 g/mol. The molecule has 1 aromatic heterocycles. The van der Waals surface area contributed by atoms with Gasteiger partial charge in [-0.25, -0.2) is 4.79 Å². The predicted octanol–water partition coefficient (Wildman–Crippen LogP) is 3.22. The van der Waals surface area contributed by atoms with Crippen LogP contribution in [0.2, 0.25) is 0 Å². The Kier molecular flexibility index (Phi) is 5.18. The van der Waals surface area contributed by atoms with Gasteiger partial charge in [-0.3, -0.25) is 9.59 Å². The maximum atomic E-state index is 12.5. The third-order valence-corrected chi connectivity index (χ3v) is 5.41. The van der Waals surface area contributed by atoms with Crippen LogP contribution >= 0.6 is 11.3 Å². The van der Waals surface area contributed by atoms with E-state index in [1.165, 1.54) is 18.4 Å². The van der Waals surface area contributed by atoms with E-state index in [0.29, 0.717) is 16.3 Å². The smallest absolute Gasteiger partial charge is 0.340 e. The summed E-state index contributed by atoms with van der Waals surface area (Å²) in [6, 6.07) is 4.83. The first-order valence-corrected chi connectivity index (χ1v) is 9.27. The number of anilines is 3. The number of fused-ring (bicyclic) bond motifs is 1. The summed E-state index contributed by atoms with van der Waals surface area (Å²) >= 11 is 1.29. The van der Waals surface area contributed by atoms with Crippen molar-refractivity contribution < 1.29 is 19.1 Å². The molecule has 7 nitrogen and oxygen atoms in total. The van der Waals surface area contributed by atoms with Crippen molar-refractivity contribution in [3.63, 3.8) is 0 Å². The number of amides is 2. The second kappa shape index (κ2) is 7.40. The van der Waals surface area contributed by atoms with Gasteiger partial charge in [-0.2, -0.15) is 0 Å². The van der Waals surface area contributed by atoms with Crippen LogP contribution in [0.25, 0.3) is 0 Å². The molecule has 1 aliphatic rings. The van der Waals surface area contributed by atoms with E-state index in [-0.39, 0.29) is 18.2 Å². The summed E-state index contributed by atoms with van der Waals surface area (Å²) in [6.07, 6.45) is -0.0598. The Morgan fingerprint density at radius 2 is 1.81 bits per heavy atom. The fourth-order valence-electron chi connectivity index (χ4n) is 2.89. The lowest BCUT2D eigenvalue weighted by molar-refractivity contribution is -0.122. The molecule has 0 saturated carbocycles. The van der Waals surface area contributed by atoms with Crippen LogP contribution in [0.5, 0.6) is 0 Å². The van der Waals surface area contributed by atoms with Crippen molar-refractivity contribution in [2.24, 2.45) is 0 Å². The highest BCUT2D eigenvalue weighted by Crippen LogP contribution is 2.31. The number of rotatable bonds is 4. The van der Waals surface area contributed by atoms with Crippen LogP contribution in [0.4, 0.5) is 16.4 Å². The minimum Gasteiger partial charge on any atom is -0.465 e. The van der Waals surface area contributed by atoms with E-state index in [1.54, 1.807) is 6.07 Å². The molecule has 0 saturated heterocycles. The minimum atomic E-state index is -0.692. The number of carbonyl (C=O) groups is 3. The third-order valence-electron chi connectivity index (χ3n) is 4.44. The number of nitrogens with one attached hydrogen (secondary N) is 3. The number of thiophene rings is 1. The lowest BCUT2D eigenvalue weighted by atomic mass is 10.0. The zero-order valence-corrected chi connectivity index (χ0v) is 16.4. The number of hydrogen-bond acceptors (Lipinski definition) is 6. The number of carbonyl (C=O) groups excluding carboxylic acids is 3. The van der Waals surface area contributed by atoms with Crippen molar-refractivity contribution in [1.29, 1.82) is 0 Å². The highest BCUT2D eigenvalue weighted by Gasteiger charge is 2.28. The van der Waals surface area contributed by atoms with Crippen molar-refractivity contribution >= 4 is 45.5 Å². The van der Waals surface area contributed by atoms with E-state index in [9.17, 15) is 14.4 Å². The van der Waals surface area contributed by atoms with Gasteiger partial charge in [0, 0.05) is 4.88 Å². The molecule has 0 spiro atoms. The van der Waals surface area contributed by atoms with E-state index in [4.69, 9.17) is 4.74 Å². The molecule has 27 heavy (non-hydrogen) atoms. The van der Waals surface area contributed by atoms with Crippen molar-refractivity contribution in [2.45, 2.75) is 33.2 Å². The highest BCUT2D eigenvalue weighted by atomic mass is 32.1. The molecule has 1 unspecified atom stereocenters. The second-order valence-corrected chi connectivity index (χ2v) is 7.77. The Morgan fingerprint density at radius 1 is 1.15 bits per heavy atom. The largest absolute Gasteiger partial charge is 0.465 e. The predicted molar refractivity (Wildman–Crippen MR) is 106 cm³/mol. The van der Waals surface area contributed by atoms with Crippen molar-refractivity contribution in [2.75, 3.05) is 23.1 Å². The normalized spacial score (nSPS) is 15.4. The van der Waals surface area contributed by atoms with E-state index in [1.807, 2.05) is 32.9 Å². The topological polar surface area (TPSA) is 96.5 Å². The van der Waals surface area contributed by atoms with Gasteiger partial charge < -0.3 is 20.7 Å². The minimum absolute atomic E-state index is 0.0598. The van der Waals surface area contributed by atoms with Crippen LogP contribution in [-0.4, -0.2) is 30.9 Å². The van der Waals surface area contributed by atoms with E-state index in [0.717, 1.165) is 21.7 Å². The monoisotopic (exact) mass is 387 g/mol. The third kappa shape index (κ3) is 3.95. The Hall–Kier alpha value is -2.87. The summed E-state index contributed by atoms with van der Waals surface area (Å²) in [5.41, 5.74) is 3.98. The SMILES string of the molecule is COC(=O)c1cc(C)sc1NC(=O)CC1Nc2cc(C)c(C)cc2NC1=O. The first kappa shape index (κ1) is 18.9. The standard InChI is InChI=1S/C19H21N3O4S/c1-9-5-13-14(6-10(9)2)21-17(24)15(20-13)8-16(23)22-18-12(19(25)26-4)7-11(3)27-18/h5-7,15,20H,8H2,1-4H3,(H,21,24)(H,22,23). The van der Waals surface area contributed by atoms with Gasteiger partial charge in [-0.1, -0.05) is 0 Å². The molecule has 3 N–H and O–H groups in total. The van der Waals surface area contributed by atoms with Gasteiger partial charge in [0.1, 0.15) is 11.0 Å². The molecule has 0 radical (unpaired) electrons. The van der Waals surface area contributed by atoms with Crippen molar-refractivity contribution in [3.8, 4) is 0 Å². The molecule has 0 aliphatic carbocycles. The number of methoxy groups -OCH3 is 1. The summed E-state index contributed by atoms with van der Waals surface area (Å²) in [7, 11) is 1.29. The van der Waals surface area contributed by atoms with Gasteiger partial charge in [-0.15, -0.1) is 11.3 Å². The van der Waals surface area contributed by atoms with Gasteiger partial charge in [0.05, 0.1) is 30.5 Å². The lowest BCUT2D eigenvalue weighted by Crippen LogP contribution is -2.41. The zero-order chi connectivity index (χ0) is 19.7. The Labute approximate surface area is 161 Å². The number of benzene rings is 1. The fraction of sp³-hybridized carbons (Fsp3) is 0.316. The van der Waals surface area contributed by atoms with Gasteiger partial charge in [-0.05, 0) is 50.1 Å². The van der Waals surface area contributed by atoms with Gasteiger partial charge in [0.2, 0.25) is 11.8 Å². The molecule has 2 aromatic rings.